The van der Waals surface area contributed by atoms with Crippen molar-refractivity contribution in [3.63, 3.8) is 0 Å². The first-order chi connectivity index (χ1) is 16.3. The van der Waals surface area contributed by atoms with Gasteiger partial charge in [0.2, 0.25) is 0 Å². The van der Waals surface area contributed by atoms with Crippen LogP contribution in [0.15, 0.2) is 36.5 Å². The number of hydrogen-bond donors (Lipinski definition) is 0. The second-order valence-electron chi connectivity index (χ2n) is 9.72. The lowest BCUT2D eigenvalue weighted by Crippen LogP contribution is -2.38. The average Bonchev–Trinajstić information content (AvgIpc) is 3.45. The highest BCUT2D eigenvalue weighted by Gasteiger charge is 2.33. The van der Waals surface area contributed by atoms with E-state index in [4.69, 9.17) is 24.5 Å². The molecule has 0 atom stereocenters. The van der Waals surface area contributed by atoms with Crippen molar-refractivity contribution >= 4 is 11.9 Å². The second-order valence-corrected chi connectivity index (χ2v) is 9.72. The third-order valence-corrected chi connectivity index (χ3v) is 5.82. The van der Waals surface area contributed by atoms with Crippen molar-refractivity contribution < 1.29 is 14.3 Å². The Balaban J connectivity index is 1.50. The monoisotopic (exact) mass is 462 g/mol. The maximum absolute atomic E-state index is 12.8. The van der Waals surface area contributed by atoms with Crippen LogP contribution in [0.25, 0.3) is 17.2 Å². The van der Waals surface area contributed by atoms with Gasteiger partial charge in [-0.15, -0.1) is 0 Å². The van der Waals surface area contributed by atoms with Gasteiger partial charge in [-0.05, 0) is 39.8 Å². The summed E-state index contributed by atoms with van der Waals surface area (Å²) in [7, 11) is 0. The number of aryl methyl sites for hydroxylation is 1. The van der Waals surface area contributed by atoms with E-state index in [1.165, 1.54) is 5.56 Å². The molecule has 0 N–H and O–H groups in total. The molecule has 3 aromatic rings. The van der Waals surface area contributed by atoms with Crippen molar-refractivity contribution in [2.75, 3.05) is 31.2 Å². The molecule has 1 aromatic carbocycles. The van der Waals surface area contributed by atoms with E-state index in [0.29, 0.717) is 32.3 Å². The molecule has 0 saturated carbocycles. The number of nitrogens with zero attached hydrogens (tertiary/aromatic N) is 6. The number of anilines is 1. The molecule has 178 valence electrons. The number of benzene rings is 1. The summed E-state index contributed by atoms with van der Waals surface area (Å²) in [6.45, 7) is 11.2. The van der Waals surface area contributed by atoms with Crippen molar-refractivity contribution in [2.24, 2.45) is 0 Å². The Morgan fingerprint density at radius 1 is 1.09 bits per heavy atom. The number of morpholine rings is 1. The lowest BCUT2D eigenvalue weighted by Gasteiger charge is -2.29. The minimum atomic E-state index is -0.559. The normalized spacial score (nSPS) is 16.0. The predicted molar refractivity (Wildman–Crippen MR) is 128 cm³/mol. The Morgan fingerprint density at radius 3 is 2.62 bits per heavy atom. The van der Waals surface area contributed by atoms with Gasteiger partial charge in [0.05, 0.1) is 37.7 Å². The van der Waals surface area contributed by atoms with Crippen molar-refractivity contribution in [3.05, 3.63) is 53.3 Å². The molecule has 9 nitrogen and oxygen atoms in total. The number of hydrogen-bond acceptors (Lipinski definition) is 7. The van der Waals surface area contributed by atoms with Gasteiger partial charge in [-0.3, -0.25) is 4.90 Å². The summed E-state index contributed by atoms with van der Waals surface area (Å²) >= 11 is 0. The lowest BCUT2D eigenvalue weighted by atomic mass is 10.1. The zero-order valence-electron chi connectivity index (χ0n) is 20.1. The fraction of sp³-hybridized carbons (Fsp3) is 0.440. The topological polar surface area (TPSA) is 85.6 Å². The van der Waals surface area contributed by atoms with Crippen LogP contribution in [-0.4, -0.2) is 62.6 Å². The largest absolute Gasteiger partial charge is 0.444 e. The number of rotatable bonds is 3. The number of fused-ring (bicyclic) bond motifs is 1. The number of ether oxygens (including phenoxy) is 2. The molecular weight excluding hydrogens is 432 g/mol. The van der Waals surface area contributed by atoms with Gasteiger partial charge in [0, 0.05) is 30.4 Å². The SMILES string of the molecule is Cc1cccc(-c2ccn(-c3nc4c(c(N5CCOCC5)n3)CN(C(=O)OC(C)(C)C)C4)n2)c1. The van der Waals surface area contributed by atoms with E-state index in [1.54, 1.807) is 9.58 Å². The molecule has 5 rings (SSSR count). The van der Waals surface area contributed by atoms with Gasteiger partial charge in [-0.2, -0.15) is 10.1 Å². The Labute approximate surface area is 199 Å². The smallest absolute Gasteiger partial charge is 0.410 e. The van der Waals surface area contributed by atoms with Crippen LogP contribution in [0.1, 0.15) is 37.6 Å². The van der Waals surface area contributed by atoms with Crippen LogP contribution in [0.3, 0.4) is 0 Å². The van der Waals surface area contributed by atoms with E-state index in [1.807, 2.05) is 45.2 Å². The van der Waals surface area contributed by atoms with E-state index < -0.39 is 5.60 Å². The molecule has 0 spiro atoms. The van der Waals surface area contributed by atoms with Gasteiger partial charge in [-0.25, -0.2) is 14.5 Å². The molecule has 2 aliphatic heterocycles. The Bertz CT molecular complexity index is 1210. The summed E-state index contributed by atoms with van der Waals surface area (Å²) < 4.78 is 12.9. The minimum absolute atomic E-state index is 0.346. The molecule has 0 unspecified atom stereocenters. The highest BCUT2D eigenvalue weighted by atomic mass is 16.6. The summed E-state index contributed by atoms with van der Waals surface area (Å²) in [5.41, 5.74) is 4.31. The molecule has 0 bridgehead atoms. The van der Waals surface area contributed by atoms with Crippen LogP contribution in [-0.2, 0) is 22.6 Å². The molecule has 34 heavy (non-hydrogen) atoms. The molecule has 1 amide bonds. The van der Waals surface area contributed by atoms with E-state index in [-0.39, 0.29) is 6.09 Å². The summed E-state index contributed by atoms with van der Waals surface area (Å²) in [6, 6.07) is 10.2. The zero-order valence-corrected chi connectivity index (χ0v) is 20.1. The van der Waals surface area contributed by atoms with Crippen LogP contribution in [0.5, 0.6) is 0 Å². The quantitative estimate of drug-likeness (QED) is 0.586. The molecule has 2 aromatic heterocycles. The first-order valence-electron chi connectivity index (χ1n) is 11.6. The van der Waals surface area contributed by atoms with Crippen molar-refractivity contribution in [2.45, 2.75) is 46.4 Å². The fourth-order valence-electron chi connectivity index (χ4n) is 4.21. The minimum Gasteiger partial charge on any atom is -0.444 e. The van der Waals surface area contributed by atoms with Gasteiger partial charge >= 0.3 is 6.09 Å². The van der Waals surface area contributed by atoms with Crippen molar-refractivity contribution in [1.82, 2.24) is 24.6 Å². The number of aromatic nitrogens is 4. The Hall–Kier alpha value is -3.46. The Morgan fingerprint density at radius 2 is 1.88 bits per heavy atom. The summed E-state index contributed by atoms with van der Waals surface area (Å²) in [5, 5.41) is 4.75. The first kappa shape index (κ1) is 22.3. The van der Waals surface area contributed by atoms with Crippen molar-refractivity contribution in [3.8, 4) is 17.2 Å². The number of amides is 1. The Kier molecular flexibility index (Phi) is 5.73. The molecule has 1 fully saturated rings. The fourth-order valence-corrected chi connectivity index (χ4v) is 4.21. The van der Waals surface area contributed by atoms with Gasteiger partial charge < -0.3 is 14.4 Å². The van der Waals surface area contributed by atoms with Crippen LogP contribution >= 0.6 is 0 Å². The van der Waals surface area contributed by atoms with E-state index >= 15 is 0 Å². The van der Waals surface area contributed by atoms with Gasteiger partial charge in [0.15, 0.2) is 0 Å². The van der Waals surface area contributed by atoms with Gasteiger partial charge in [0.25, 0.3) is 5.95 Å². The highest BCUT2D eigenvalue weighted by Crippen LogP contribution is 2.32. The van der Waals surface area contributed by atoms with E-state index in [9.17, 15) is 4.79 Å². The highest BCUT2D eigenvalue weighted by molar-refractivity contribution is 5.70. The molecule has 9 heteroatoms. The zero-order chi connectivity index (χ0) is 23.9. The molecule has 2 aliphatic rings. The summed E-state index contributed by atoms with van der Waals surface area (Å²) in [6.07, 6.45) is 1.53. The number of carbonyl (C=O) groups is 1. The predicted octanol–water partition coefficient (Wildman–Crippen LogP) is 3.73. The van der Waals surface area contributed by atoms with Gasteiger partial charge in [0.1, 0.15) is 11.4 Å². The first-order valence-corrected chi connectivity index (χ1v) is 11.6. The summed E-state index contributed by atoms with van der Waals surface area (Å²) in [5.74, 6) is 1.33. The second kappa shape index (κ2) is 8.72. The standard InChI is InChI=1S/C25H30N6O3/c1-17-6-5-7-18(14-17)20-8-9-31(28-20)23-26-21-16-30(24(32)34-25(2,3)4)15-19(21)22(27-23)29-10-12-33-13-11-29/h5-9,14H,10-13,15-16H2,1-4H3. The van der Waals surface area contributed by atoms with Crippen LogP contribution in [0, 0.1) is 6.92 Å². The van der Waals surface area contributed by atoms with E-state index in [0.717, 1.165) is 41.4 Å². The van der Waals surface area contributed by atoms with E-state index in [2.05, 4.69) is 24.0 Å². The lowest BCUT2D eigenvalue weighted by molar-refractivity contribution is 0.0240. The molecule has 1 saturated heterocycles. The maximum Gasteiger partial charge on any atom is 0.410 e. The number of carbonyl (C=O) groups excluding carboxylic acids is 1. The molecule has 0 radical (unpaired) electrons. The third kappa shape index (κ3) is 4.61. The molecule has 0 aliphatic carbocycles. The summed E-state index contributed by atoms with van der Waals surface area (Å²) in [4.78, 5) is 26.4. The van der Waals surface area contributed by atoms with Crippen LogP contribution < -0.4 is 4.90 Å². The van der Waals surface area contributed by atoms with Crippen LogP contribution in [0.4, 0.5) is 10.6 Å². The van der Waals surface area contributed by atoms with Gasteiger partial charge in [-0.1, -0.05) is 23.8 Å². The molecule has 4 heterocycles. The van der Waals surface area contributed by atoms with Crippen LogP contribution in [0.2, 0.25) is 0 Å². The molecular formula is C25H30N6O3. The maximum atomic E-state index is 12.8. The average molecular weight is 463 g/mol. The van der Waals surface area contributed by atoms with Crippen molar-refractivity contribution in [1.29, 1.82) is 0 Å². The third-order valence-electron chi connectivity index (χ3n) is 5.82.